The molecule has 1 aromatic rings. The first-order valence-corrected chi connectivity index (χ1v) is 8.22. The van der Waals surface area contributed by atoms with E-state index in [1.165, 1.54) is 0 Å². The highest BCUT2D eigenvalue weighted by Crippen LogP contribution is 2.22. The third kappa shape index (κ3) is 4.76. The van der Waals surface area contributed by atoms with Crippen molar-refractivity contribution < 1.29 is 8.42 Å². The summed E-state index contributed by atoms with van der Waals surface area (Å²) in [6.45, 7) is 3.57. The van der Waals surface area contributed by atoms with Crippen LogP contribution in [0.25, 0.3) is 0 Å². The Bertz CT molecular complexity index is 491. The molecule has 0 radical (unpaired) electrons. The van der Waals surface area contributed by atoms with Gasteiger partial charge in [-0.05, 0) is 24.5 Å². The second-order valence-electron chi connectivity index (χ2n) is 4.40. The number of alkyl halides is 1. The molecular weight excluding hydrogens is 293 g/mol. The summed E-state index contributed by atoms with van der Waals surface area (Å²) in [5.41, 5.74) is 0.765. The minimum absolute atomic E-state index is 0.0191. The van der Waals surface area contributed by atoms with Gasteiger partial charge in [0.15, 0.2) is 0 Å². The van der Waals surface area contributed by atoms with Crippen LogP contribution in [0.4, 0.5) is 0 Å². The normalized spacial score (nSPS) is 15.3. The van der Waals surface area contributed by atoms with Gasteiger partial charge in [-0.25, -0.2) is 13.1 Å². The average Bonchev–Trinajstić information content (AvgIpc) is 2.27. The molecule has 6 heteroatoms. The molecule has 0 aliphatic carbocycles. The Morgan fingerprint density at radius 2 is 1.89 bits per heavy atom. The zero-order valence-corrected chi connectivity index (χ0v) is 12.7. The Morgan fingerprint density at radius 1 is 1.28 bits per heavy atom. The summed E-state index contributed by atoms with van der Waals surface area (Å²) in [6.07, 6.45) is 0. The van der Waals surface area contributed by atoms with Gasteiger partial charge in [0.2, 0.25) is 10.0 Å². The van der Waals surface area contributed by atoms with E-state index in [2.05, 4.69) is 4.72 Å². The molecular formula is C12H17Cl2NO2S. The summed E-state index contributed by atoms with van der Waals surface area (Å²) in [6, 6.07) is 6.82. The Balaban J connectivity index is 2.76. The van der Waals surface area contributed by atoms with E-state index in [9.17, 15) is 8.42 Å². The third-order valence-corrected chi connectivity index (χ3v) is 5.09. The van der Waals surface area contributed by atoms with Gasteiger partial charge in [-0.3, -0.25) is 0 Å². The average molecular weight is 310 g/mol. The van der Waals surface area contributed by atoms with Crippen LogP contribution in [-0.2, 0) is 10.0 Å². The third-order valence-electron chi connectivity index (χ3n) is 2.50. The molecule has 0 spiro atoms. The minimum atomic E-state index is -3.35. The smallest absolute Gasteiger partial charge is 0.212 e. The number of rotatable bonds is 6. The van der Waals surface area contributed by atoms with Crippen LogP contribution in [0, 0.1) is 5.92 Å². The Kier molecular flexibility index (Phi) is 5.92. The molecule has 2 atom stereocenters. The van der Waals surface area contributed by atoms with Crippen LogP contribution in [0.1, 0.15) is 25.5 Å². The van der Waals surface area contributed by atoms with Crippen molar-refractivity contribution in [1.82, 2.24) is 4.72 Å². The van der Waals surface area contributed by atoms with E-state index in [-0.39, 0.29) is 17.7 Å². The molecule has 0 heterocycles. The molecule has 0 aliphatic heterocycles. The summed E-state index contributed by atoms with van der Waals surface area (Å²) in [4.78, 5) is 0. The highest BCUT2D eigenvalue weighted by molar-refractivity contribution is 7.89. The maximum Gasteiger partial charge on any atom is 0.212 e. The zero-order valence-electron chi connectivity index (χ0n) is 10.4. The highest BCUT2D eigenvalue weighted by Gasteiger charge is 2.19. The van der Waals surface area contributed by atoms with Crippen molar-refractivity contribution in [2.45, 2.75) is 19.9 Å². The first kappa shape index (κ1) is 15.8. The number of hydrogen-bond acceptors (Lipinski definition) is 2. The second-order valence-corrected chi connectivity index (χ2v) is 6.92. The van der Waals surface area contributed by atoms with Crippen molar-refractivity contribution in [2.24, 2.45) is 5.92 Å². The lowest BCUT2D eigenvalue weighted by atomic mass is 10.1. The molecule has 0 saturated heterocycles. The minimum Gasteiger partial charge on any atom is -0.212 e. The first-order valence-electron chi connectivity index (χ1n) is 5.66. The van der Waals surface area contributed by atoms with Gasteiger partial charge in [-0.1, -0.05) is 36.7 Å². The fraction of sp³-hybridized carbons (Fsp3) is 0.500. The lowest BCUT2D eigenvalue weighted by Crippen LogP contribution is -2.31. The number of nitrogens with one attached hydrogen (secondary N) is 1. The number of benzene rings is 1. The van der Waals surface area contributed by atoms with Gasteiger partial charge in [-0.2, -0.15) is 0 Å². The molecule has 0 aliphatic rings. The van der Waals surface area contributed by atoms with Gasteiger partial charge < -0.3 is 0 Å². The van der Waals surface area contributed by atoms with Gasteiger partial charge in [0.1, 0.15) is 0 Å². The van der Waals surface area contributed by atoms with E-state index in [4.69, 9.17) is 23.2 Å². The van der Waals surface area contributed by atoms with Gasteiger partial charge >= 0.3 is 0 Å². The van der Waals surface area contributed by atoms with Crippen molar-refractivity contribution >= 4 is 33.2 Å². The van der Waals surface area contributed by atoms with Crippen LogP contribution in [0.5, 0.6) is 0 Å². The summed E-state index contributed by atoms with van der Waals surface area (Å²) < 4.78 is 26.4. The SMILES string of the molecule is CC(CCl)CS(=O)(=O)N[C@@H](C)c1ccccc1Cl. The monoisotopic (exact) mass is 309 g/mol. The van der Waals surface area contributed by atoms with Crippen molar-refractivity contribution in [3.8, 4) is 0 Å². The molecule has 0 fully saturated rings. The Labute approximate surface area is 119 Å². The van der Waals surface area contributed by atoms with E-state index in [0.29, 0.717) is 10.9 Å². The lowest BCUT2D eigenvalue weighted by Gasteiger charge is -2.17. The van der Waals surface area contributed by atoms with E-state index >= 15 is 0 Å². The summed E-state index contributed by atoms with van der Waals surface area (Å²) in [7, 11) is -3.35. The Hall–Kier alpha value is -0.290. The van der Waals surface area contributed by atoms with E-state index < -0.39 is 10.0 Å². The molecule has 0 bridgehead atoms. The van der Waals surface area contributed by atoms with Crippen LogP contribution in [-0.4, -0.2) is 20.1 Å². The van der Waals surface area contributed by atoms with Gasteiger partial charge in [-0.15, -0.1) is 11.6 Å². The van der Waals surface area contributed by atoms with Crippen molar-refractivity contribution in [3.63, 3.8) is 0 Å². The Morgan fingerprint density at radius 3 is 2.44 bits per heavy atom. The predicted molar refractivity (Wildman–Crippen MR) is 76.7 cm³/mol. The summed E-state index contributed by atoms with van der Waals surface area (Å²) in [5, 5.41) is 0.554. The molecule has 0 aromatic heterocycles. The van der Waals surface area contributed by atoms with Gasteiger partial charge in [0, 0.05) is 16.9 Å². The molecule has 3 nitrogen and oxygen atoms in total. The van der Waals surface area contributed by atoms with Crippen LogP contribution in [0.15, 0.2) is 24.3 Å². The molecule has 1 unspecified atom stereocenters. The van der Waals surface area contributed by atoms with Crippen molar-refractivity contribution in [2.75, 3.05) is 11.6 Å². The lowest BCUT2D eigenvalue weighted by molar-refractivity contribution is 0.555. The topological polar surface area (TPSA) is 46.2 Å². The maximum absolute atomic E-state index is 11.9. The second kappa shape index (κ2) is 6.75. The fourth-order valence-corrected chi connectivity index (χ4v) is 3.79. The highest BCUT2D eigenvalue weighted by atomic mass is 35.5. The standard InChI is InChI=1S/C12H17Cl2NO2S/c1-9(7-13)8-18(16,17)15-10(2)11-5-3-4-6-12(11)14/h3-6,9-10,15H,7-8H2,1-2H3/t9?,10-/m0/s1. The molecule has 0 saturated carbocycles. The van der Waals surface area contributed by atoms with Gasteiger partial charge in [0.05, 0.1) is 5.75 Å². The van der Waals surface area contributed by atoms with Crippen molar-refractivity contribution in [1.29, 1.82) is 0 Å². The van der Waals surface area contributed by atoms with E-state index in [1.807, 2.05) is 12.1 Å². The van der Waals surface area contributed by atoms with Crippen LogP contribution >= 0.6 is 23.2 Å². The molecule has 102 valence electrons. The quantitative estimate of drug-likeness (QED) is 0.820. The predicted octanol–water partition coefficient (Wildman–Crippen LogP) is 3.20. The van der Waals surface area contributed by atoms with Crippen molar-refractivity contribution in [3.05, 3.63) is 34.9 Å². The molecule has 18 heavy (non-hydrogen) atoms. The number of halogens is 2. The summed E-state index contributed by atoms with van der Waals surface area (Å²) in [5.74, 6) is 0.259. The molecule has 1 aromatic carbocycles. The fourth-order valence-electron chi connectivity index (χ4n) is 1.63. The van der Waals surface area contributed by atoms with E-state index in [0.717, 1.165) is 5.56 Å². The maximum atomic E-state index is 11.9. The van der Waals surface area contributed by atoms with Crippen LogP contribution in [0.3, 0.4) is 0 Å². The van der Waals surface area contributed by atoms with E-state index in [1.54, 1.807) is 26.0 Å². The molecule has 1 N–H and O–H groups in total. The number of sulfonamides is 1. The first-order chi connectivity index (χ1) is 8.35. The van der Waals surface area contributed by atoms with Crippen LogP contribution < -0.4 is 4.72 Å². The molecule has 0 amide bonds. The molecule has 1 rings (SSSR count). The zero-order chi connectivity index (χ0) is 13.8. The largest absolute Gasteiger partial charge is 0.212 e. The number of hydrogen-bond donors (Lipinski definition) is 1. The van der Waals surface area contributed by atoms with Crippen LogP contribution in [0.2, 0.25) is 5.02 Å². The summed E-state index contributed by atoms with van der Waals surface area (Å²) >= 11 is 11.6. The van der Waals surface area contributed by atoms with Gasteiger partial charge in [0.25, 0.3) is 0 Å².